The Morgan fingerprint density at radius 3 is 2.52 bits per heavy atom. The van der Waals surface area contributed by atoms with E-state index in [0.717, 1.165) is 6.26 Å². The molecular formula is C17H18Cl2N2O5S. The number of benzene rings is 1. The van der Waals surface area contributed by atoms with Crippen molar-refractivity contribution < 1.29 is 22.4 Å². The van der Waals surface area contributed by atoms with E-state index in [9.17, 15) is 13.2 Å². The van der Waals surface area contributed by atoms with Crippen LogP contribution in [0.15, 0.2) is 33.8 Å². The molecule has 7 nitrogen and oxygen atoms in total. The van der Waals surface area contributed by atoms with Crippen molar-refractivity contribution in [3.05, 3.63) is 46.1 Å². The van der Waals surface area contributed by atoms with Crippen LogP contribution in [0.3, 0.4) is 0 Å². The number of ether oxygens (including phenoxy) is 1. The van der Waals surface area contributed by atoms with Gasteiger partial charge in [-0.15, -0.1) is 0 Å². The average molecular weight is 433 g/mol. The number of esters is 1. The van der Waals surface area contributed by atoms with Crippen molar-refractivity contribution in [2.75, 3.05) is 0 Å². The van der Waals surface area contributed by atoms with Crippen LogP contribution in [0.5, 0.6) is 0 Å². The van der Waals surface area contributed by atoms with Gasteiger partial charge in [-0.05, 0) is 38.8 Å². The second-order valence-electron chi connectivity index (χ2n) is 6.41. The molecule has 1 aliphatic carbocycles. The second-order valence-corrected chi connectivity index (χ2v) is 9.05. The van der Waals surface area contributed by atoms with Crippen molar-refractivity contribution in [3.63, 3.8) is 0 Å². The molecule has 0 radical (unpaired) electrons. The lowest BCUT2D eigenvalue weighted by atomic mass is 10.4. The summed E-state index contributed by atoms with van der Waals surface area (Å²) in [6, 6.07) is 4.32. The zero-order valence-electron chi connectivity index (χ0n) is 14.7. The van der Waals surface area contributed by atoms with Gasteiger partial charge in [-0.25, -0.2) is 18.2 Å². The van der Waals surface area contributed by atoms with Gasteiger partial charge in [0, 0.05) is 6.04 Å². The Labute approximate surface area is 167 Å². The number of nitrogens with zero attached hydrogens (tertiary/aromatic N) is 2. The lowest BCUT2D eigenvalue weighted by Gasteiger charge is -2.21. The minimum atomic E-state index is -3.97. The third kappa shape index (κ3) is 4.45. The quantitative estimate of drug-likeness (QED) is 0.616. The Hall–Kier alpha value is -1.61. The van der Waals surface area contributed by atoms with Crippen LogP contribution in [0, 0.1) is 0 Å². The molecule has 1 aromatic carbocycles. The van der Waals surface area contributed by atoms with Crippen LogP contribution >= 0.6 is 23.2 Å². The van der Waals surface area contributed by atoms with Gasteiger partial charge >= 0.3 is 5.97 Å². The summed E-state index contributed by atoms with van der Waals surface area (Å²) in [6.07, 6.45) is 2.28. The largest absolute Gasteiger partial charge is 0.458 e. The Bertz CT molecular complexity index is 934. The number of hydrogen-bond donors (Lipinski definition) is 0. The van der Waals surface area contributed by atoms with Crippen LogP contribution in [0.2, 0.25) is 10.0 Å². The number of hydrogen-bond acceptors (Lipinski definition) is 6. The molecule has 0 aliphatic heterocycles. The topological polar surface area (TPSA) is 89.7 Å². The van der Waals surface area contributed by atoms with Gasteiger partial charge in [0.1, 0.15) is 11.2 Å². The SMILES string of the molecule is CC(C)OC(=O)c1coc(CN(C2CC2)S(=O)(=O)c2c(Cl)cccc2Cl)n1. The predicted octanol–water partition coefficient (Wildman–Crippen LogP) is 3.90. The van der Waals surface area contributed by atoms with E-state index < -0.39 is 16.0 Å². The fourth-order valence-electron chi connectivity index (χ4n) is 2.50. The van der Waals surface area contributed by atoms with Crippen LogP contribution in [0.4, 0.5) is 0 Å². The first kappa shape index (κ1) is 20.1. The van der Waals surface area contributed by atoms with Crippen molar-refractivity contribution in [2.24, 2.45) is 0 Å². The van der Waals surface area contributed by atoms with Crippen LogP contribution in [-0.2, 0) is 21.3 Å². The highest BCUT2D eigenvalue weighted by Gasteiger charge is 2.40. The highest BCUT2D eigenvalue weighted by molar-refractivity contribution is 7.89. The second kappa shape index (κ2) is 7.79. The van der Waals surface area contributed by atoms with Gasteiger partial charge in [-0.3, -0.25) is 0 Å². The molecule has 10 heteroatoms. The Morgan fingerprint density at radius 1 is 1.33 bits per heavy atom. The number of halogens is 2. The maximum Gasteiger partial charge on any atom is 0.360 e. The zero-order chi connectivity index (χ0) is 19.8. The standard InChI is InChI=1S/C17H18Cl2N2O5S/c1-10(2)26-17(22)14-9-25-15(20-14)8-21(11-6-7-11)27(23,24)16-12(18)4-3-5-13(16)19/h3-5,9-11H,6-8H2,1-2H3. The molecule has 27 heavy (non-hydrogen) atoms. The monoisotopic (exact) mass is 432 g/mol. The first-order valence-corrected chi connectivity index (χ1v) is 10.5. The number of carbonyl (C=O) groups is 1. The molecule has 1 aliphatic rings. The first-order valence-electron chi connectivity index (χ1n) is 8.31. The van der Waals surface area contributed by atoms with Crippen LogP contribution in [-0.4, -0.2) is 35.8 Å². The lowest BCUT2D eigenvalue weighted by Crippen LogP contribution is -2.33. The number of rotatable bonds is 7. The number of aromatic nitrogens is 1. The van der Waals surface area contributed by atoms with E-state index in [1.165, 1.54) is 16.4 Å². The average Bonchev–Trinajstić information content (AvgIpc) is 3.28. The molecule has 0 N–H and O–H groups in total. The molecule has 1 fully saturated rings. The lowest BCUT2D eigenvalue weighted by molar-refractivity contribution is 0.0370. The van der Waals surface area contributed by atoms with Gasteiger partial charge in [0.25, 0.3) is 0 Å². The molecule has 1 heterocycles. The smallest absolute Gasteiger partial charge is 0.360 e. The Balaban J connectivity index is 1.87. The van der Waals surface area contributed by atoms with Gasteiger partial charge in [-0.1, -0.05) is 29.3 Å². The molecule has 1 saturated carbocycles. The summed E-state index contributed by atoms with van der Waals surface area (Å²) in [5, 5.41) is 0.0866. The summed E-state index contributed by atoms with van der Waals surface area (Å²) >= 11 is 12.2. The molecule has 0 amide bonds. The van der Waals surface area contributed by atoms with E-state index >= 15 is 0 Å². The molecule has 146 valence electrons. The molecule has 0 saturated heterocycles. The minimum absolute atomic E-state index is 0.0115. The fourth-order valence-corrected chi connectivity index (χ4v) is 5.23. The van der Waals surface area contributed by atoms with E-state index in [1.54, 1.807) is 19.9 Å². The van der Waals surface area contributed by atoms with Crippen molar-refractivity contribution in [1.82, 2.24) is 9.29 Å². The third-order valence-electron chi connectivity index (χ3n) is 3.83. The van der Waals surface area contributed by atoms with Gasteiger partial charge in [0.05, 0.1) is 22.7 Å². The molecule has 0 unspecified atom stereocenters. The van der Waals surface area contributed by atoms with E-state index in [2.05, 4.69) is 4.98 Å². The molecule has 2 aromatic rings. The van der Waals surface area contributed by atoms with Gasteiger partial charge in [0.2, 0.25) is 15.9 Å². The van der Waals surface area contributed by atoms with E-state index in [1.807, 2.05) is 0 Å². The molecule has 3 rings (SSSR count). The van der Waals surface area contributed by atoms with Crippen LogP contribution < -0.4 is 0 Å². The highest BCUT2D eigenvalue weighted by Crippen LogP contribution is 2.38. The molecule has 0 atom stereocenters. The van der Waals surface area contributed by atoms with Crippen LogP contribution in [0.1, 0.15) is 43.1 Å². The van der Waals surface area contributed by atoms with Crippen molar-refractivity contribution in [1.29, 1.82) is 0 Å². The van der Waals surface area contributed by atoms with Gasteiger partial charge < -0.3 is 9.15 Å². The van der Waals surface area contributed by atoms with E-state index in [0.29, 0.717) is 12.8 Å². The number of sulfonamides is 1. The Kier molecular flexibility index (Phi) is 5.81. The van der Waals surface area contributed by atoms with Crippen molar-refractivity contribution in [3.8, 4) is 0 Å². The maximum absolute atomic E-state index is 13.1. The van der Waals surface area contributed by atoms with E-state index in [-0.39, 0.29) is 45.2 Å². The summed E-state index contributed by atoms with van der Waals surface area (Å²) < 4.78 is 37.9. The summed E-state index contributed by atoms with van der Waals surface area (Å²) in [6.45, 7) is 3.30. The number of oxazole rings is 1. The van der Waals surface area contributed by atoms with Gasteiger partial charge in [0.15, 0.2) is 5.69 Å². The van der Waals surface area contributed by atoms with E-state index in [4.69, 9.17) is 32.4 Å². The zero-order valence-corrected chi connectivity index (χ0v) is 17.0. The molecule has 1 aromatic heterocycles. The van der Waals surface area contributed by atoms with Crippen molar-refractivity contribution in [2.45, 2.75) is 50.3 Å². The summed E-state index contributed by atoms with van der Waals surface area (Å²) in [5.74, 6) is -0.542. The van der Waals surface area contributed by atoms with Crippen molar-refractivity contribution >= 4 is 39.2 Å². The third-order valence-corrected chi connectivity index (χ3v) is 6.69. The molecular weight excluding hydrogens is 415 g/mol. The van der Waals surface area contributed by atoms with Gasteiger partial charge in [-0.2, -0.15) is 4.31 Å². The van der Waals surface area contributed by atoms with Crippen LogP contribution in [0.25, 0.3) is 0 Å². The normalized spacial score (nSPS) is 14.7. The summed E-state index contributed by atoms with van der Waals surface area (Å²) in [7, 11) is -3.97. The highest BCUT2D eigenvalue weighted by atomic mass is 35.5. The molecule has 0 bridgehead atoms. The maximum atomic E-state index is 13.1. The predicted molar refractivity (Wildman–Crippen MR) is 99.3 cm³/mol. The first-order chi connectivity index (χ1) is 12.7. The number of carbonyl (C=O) groups excluding carboxylic acids is 1. The fraction of sp³-hybridized carbons (Fsp3) is 0.412. The molecule has 0 spiro atoms. The Morgan fingerprint density at radius 2 is 1.96 bits per heavy atom. The minimum Gasteiger partial charge on any atom is -0.458 e. The summed E-state index contributed by atoms with van der Waals surface area (Å²) in [5.41, 5.74) is -0.0115. The summed E-state index contributed by atoms with van der Waals surface area (Å²) in [4.78, 5) is 15.8.